The Bertz CT molecular complexity index is 677. The van der Waals surface area contributed by atoms with Crippen LogP contribution in [0.5, 0.6) is 0 Å². The van der Waals surface area contributed by atoms with Crippen molar-refractivity contribution >= 4 is 17.5 Å². The van der Waals surface area contributed by atoms with Gasteiger partial charge in [0, 0.05) is 31.4 Å². The molecule has 3 rings (SSSR count). The summed E-state index contributed by atoms with van der Waals surface area (Å²) in [5.74, 6) is -0.114. The number of aryl methyl sites for hydroxylation is 1. The van der Waals surface area contributed by atoms with E-state index in [9.17, 15) is 4.79 Å². The number of hydrogen-bond acceptors (Lipinski definition) is 3. The second kappa shape index (κ2) is 6.50. The van der Waals surface area contributed by atoms with Gasteiger partial charge < -0.3 is 10.6 Å². The van der Waals surface area contributed by atoms with E-state index in [2.05, 4.69) is 15.7 Å². The zero-order valence-corrected chi connectivity index (χ0v) is 13.2. The number of carbonyl (C=O) groups excluding carboxylic acids is 1. The molecule has 0 radical (unpaired) electrons. The lowest BCUT2D eigenvalue weighted by Crippen LogP contribution is -2.37. The molecule has 0 saturated carbocycles. The van der Waals surface area contributed by atoms with E-state index in [1.54, 1.807) is 24.0 Å². The molecule has 1 saturated heterocycles. The molecule has 2 N–H and O–H groups in total. The Morgan fingerprint density at radius 1 is 1.50 bits per heavy atom. The van der Waals surface area contributed by atoms with Crippen LogP contribution >= 0.6 is 11.6 Å². The van der Waals surface area contributed by atoms with Crippen LogP contribution in [0.2, 0.25) is 5.02 Å². The van der Waals surface area contributed by atoms with E-state index in [4.69, 9.17) is 11.6 Å². The Hall–Kier alpha value is -1.85. The second-order valence-electron chi connectivity index (χ2n) is 5.55. The highest BCUT2D eigenvalue weighted by molar-refractivity contribution is 6.33. The number of hydrogen-bond donors (Lipinski definition) is 2. The summed E-state index contributed by atoms with van der Waals surface area (Å²) in [6.45, 7) is 1.66. The molecule has 1 unspecified atom stereocenters. The smallest absolute Gasteiger partial charge is 0.255 e. The molecule has 0 aliphatic carbocycles. The lowest BCUT2D eigenvalue weighted by Gasteiger charge is -2.11. The minimum atomic E-state index is -0.114. The number of benzene rings is 1. The second-order valence-corrected chi connectivity index (χ2v) is 5.96. The maximum absolute atomic E-state index is 12.5. The van der Waals surface area contributed by atoms with E-state index in [0.29, 0.717) is 28.9 Å². The van der Waals surface area contributed by atoms with Gasteiger partial charge in [-0.2, -0.15) is 5.10 Å². The molecule has 1 aliphatic rings. The third kappa shape index (κ3) is 3.15. The van der Waals surface area contributed by atoms with E-state index >= 15 is 0 Å². The van der Waals surface area contributed by atoms with E-state index in [1.165, 1.54) is 0 Å². The van der Waals surface area contributed by atoms with Crippen molar-refractivity contribution in [3.63, 3.8) is 0 Å². The standard InChI is InChI=1S/C16H19ClN4O/c1-21-10-13(16(22)19-9-11-5-4-8-18-11)15(20-21)12-6-2-3-7-14(12)17/h2-3,6-7,10-11,18H,4-5,8-9H2,1H3,(H,19,22). The number of amides is 1. The van der Waals surface area contributed by atoms with Crippen molar-refractivity contribution in [2.45, 2.75) is 18.9 Å². The van der Waals surface area contributed by atoms with Gasteiger partial charge in [-0.1, -0.05) is 29.8 Å². The van der Waals surface area contributed by atoms with Gasteiger partial charge in [0.1, 0.15) is 5.69 Å². The molecule has 1 amide bonds. The minimum absolute atomic E-state index is 0.114. The molecular formula is C16H19ClN4O. The van der Waals surface area contributed by atoms with Crippen molar-refractivity contribution in [3.8, 4) is 11.3 Å². The van der Waals surface area contributed by atoms with Gasteiger partial charge in [-0.3, -0.25) is 9.48 Å². The molecule has 1 fully saturated rings. The summed E-state index contributed by atoms with van der Waals surface area (Å²) in [4.78, 5) is 12.5. The molecule has 1 aliphatic heterocycles. The average molecular weight is 319 g/mol. The Balaban J connectivity index is 1.81. The number of carbonyl (C=O) groups is 1. The number of aromatic nitrogens is 2. The van der Waals surface area contributed by atoms with E-state index in [0.717, 1.165) is 24.9 Å². The topological polar surface area (TPSA) is 59.0 Å². The maximum atomic E-state index is 12.5. The van der Waals surface area contributed by atoms with Gasteiger partial charge >= 0.3 is 0 Å². The molecule has 1 aromatic heterocycles. The summed E-state index contributed by atoms with van der Waals surface area (Å²) < 4.78 is 1.64. The third-order valence-electron chi connectivity index (χ3n) is 3.87. The first kappa shape index (κ1) is 15.1. The van der Waals surface area contributed by atoms with E-state index in [1.807, 2.05) is 18.2 Å². The molecule has 1 atom stereocenters. The summed E-state index contributed by atoms with van der Waals surface area (Å²) in [6.07, 6.45) is 4.00. The summed E-state index contributed by atoms with van der Waals surface area (Å²) in [7, 11) is 1.80. The molecule has 2 heterocycles. The van der Waals surface area contributed by atoms with Crippen LogP contribution in [0, 0.1) is 0 Å². The average Bonchev–Trinajstić information content (AvgIpc) is 3.14. The van der Waals surface area contributed by atoms with Gasteiger partial charge in [0.15, 0.2) is 0 Å². The normalized spacial score (nSPS) is 17.6. The molecule has 22 heavy (non-hydrogen) atoms. The molecule has 2 aromatic rings. The van der Waals surface area contributed by atoms with Crippen LogP contribution in [0.4, 0.5) is 0 Å². The summed E-state index contributed by atoms with van der Waals surface area (Å²) in [5.41, 5.74) is 1.94. The Kier molecular flexibility index (Phi) is 4.45. The van der Waals surface area contributed by atoms with Crippen LogP contribution in [0.15, 0.2) is 30.5 Å². The largest absolute Gasteiger partial charge is 0.350 e. The highest BCUT2D eigenvalue weighted by Crippen LogP contribution is 2.28. The number of halogens is 1. The van der Waals surface area contributed by atoms with Crippen LogP contribution in [-0.2, 0) is 7.05 Å². The van der Waals surface area contributed by atoms with Crippen molar-refractivity contribution in [2.75, 3.05) is 13.1 Å². The van der Waals surface area contributed by atoms with Crippen molar-refractivity contribution in [2.24, 2.45) is 7.05 Å². The monoisotopic (exact) mass is 318 g/mol. The number of nitrogens with one attached hydrogen (secondary N) is 2. The van der Waals surface area contributed by atoms with Gasteiger partial charge in [-0.25, -0.2) is 0 Å². The zero-order chi connectivity index (χ0) is 15.5. The van der Waals surface area contributed by atoms with Gasteiger partial charge in [0.2, 0.25) is 0 Å². The van der Waals surface area contributed by atoms with Crippen molar-refractivity contribution in [1.82, 2.24) is 20.4 Å². The highest BCUT2D eigenvalue weighted by Gasteiger charge is 2.20. The predicted molar refractivity (Wildman–Crippen MR) is 87.0 cm³/mol. The quantitative estimate of drug-likeness (QED) is 0.909. The van der Waals surface area contributed by atoms with Gasteiger partial charge in [0.05, 0.1) is 10.6 Å². The molecular weight excluding hydrogens is 300 g/mol. The van der Waals surface area contributed by atoms with Crippen LogP contribution in [0.3, 0.4) is 0 Å². The van der Waals surface area contributed by atoms with Crippen LogP contribution < -0.4 is 10.6 Å². The Morgan fingerprint density at radius 3 is 3.05 bits per heavy atom. The van der Waals surface area contributed by atoms with Crippen LogP contribution in [0.1, 0.15) is 23.2 Å². The minimum Gasteiger partial charge on any atom is -0.350 e. The number of rotatable bonds is 4. The van der Waals surface area contributed by atoms with Crippen molar-refractivity contribution < 1.29 is 4.79 Å². The first-order valence-corrected chi connectivity index (χ1v) is 7.83. The summed E-state index contributed by atoms with van der Waals surface area (Å²) in [6, 6.07) is 7.79. The van der Waals surface area contributed by atoms with E-state index < -0.39 is 0 Å². The summed E-state index contributed by atoms with van der Waals surface area (Å²) in [5, 5.41) is 11.3. The predicted octanol–water partition coefficient (Wildman–Crippen LogP) is 2.22. The van der Waals surface area contributed by atoms with Crippen LogP contribution in [-0.4, -0.2) is 34.8 Å². The lowest BCUT2D eigenvalue weighted by atomic mass is 10.1. The lowest BCUT2D eigenvalue weighted by molar-refractivity contribution is 0.0951. The van der Waals surface area contributed by atoms with Crippen LogP contribution in [0.25, 0.3) is 11.3 Å². The zero-order valence-electron chi connectivity index (χ0n) is 12.5. The highest BCUT2D eigenvalue weighted by atomic mass is 35.5. The van der Waals surface area contributed by atoms with Gasteiger partial charge in [0.25, 0.3) is 5.91 Å². The van der Waals surface area contributed by atoms with E-state index in [-0.39, 0.29) is 5.91 Å². The molecule has 0 spiro atoms. The third-order valence-corrected chi connectivity index (χ3v) is 4.20. The molecule has 5 nitrogen and oxygen atoms in total. The molecule has 1 aromatic carbocycles. The van der Waals surface area contributed by atoms with Gasteiger partial charge in [-0.15, -0.1) is 0 Å². The first-order chi connectivity index (χ1) is 10.6. The fourth-order valence-electron chi connectivity index (χ4n) is 2.75. The van der Waals surface area contributed by atoms with Gasteiger partial charge in [-0.05, 0) is 25.5 Å². The Morgan fingerprint density at radius 2 is 2.32 bits per heavy atom. The van der Waals surface area contributed by atoms with Crippen molar-refractivity contribution in [3.05, 3.63) is 41.0 Å². The summed E-state index contributed by atoms with van der Waals surface area (Å²) >= 11 is 6.23. The maximum Gasteiger partial charge on any atom is 0.255 e. The first-order valence-electron chi connectivity index (χ1n) is 7.45. The molecule has 0 bridgehead atoms. The molecule has 6 heteroatoms. The molecule has 116 valence electrons. The fraction of sp³-hybridized carbons (Fsp3) is 0.375. The SMILES string of the molecule is Cn1cc(C(=O)NCC2CCCN2)c(-c2ccccc2Cl)n1. The van der Waals surface area contributed by atoms with Crippen molar-refractivity contribution in [1.29, 1.82) is 0 Å². The Labute approximate surface area is 134 Å². The fourth-order valence-corrected chi connectivity index (χ4v) is 2.97. The number of nitrogens with zero attached hydrogens (tertiary/aromatic N) is 2.